The monoisotopic (exact) mass is 515 g/mol. The second-order valence-electron chi connectivity index (χ2n) is 18.9. The lowest BCUT2D eigenvalue weighted by molar-refractivity contribution is -0.0729. The summed E-state index contributed by atoms with van der Waals surface area (Å²) in [7, 11) is 4.78. The molecule has 2 saturated carbocycles. The molecule has 0 bridgehead atoms. The first-order chi connectivity index (χ1) is 16.6. The average Bonchev–Trinajstić information content (AvgIpc) is 3.13. The Morgan fingerprint density at radius 1 is 0.405 bits per heavy atom. The van der Waals surface area contributed by atoms with Gasteiger partial charge in [-0.3, -0.25) is 9.80 Å². The van der Waals surface area contributed by atoms with Crippen LogP contribution in [0.4, 0.5) is 0 Å². The lowest BCUT2D eigenvalue weighted by atomic mass is 9.58. The lowest BCUT2D eigenvalue weighted by Crippen LogP contribution is -2.61. The van der Waals surface area contributed by atoms with Gasteiger partial charge in [0.15, 0.2) is 0 Å². The first kappa shape index (κ1) is 29.9. The number of rotatable bonds is 3. The molecule has 4 fully saturated rings. The van der Waals surface area contributed by atoms with E-state index in [9.17, 15) is 0 Å². The fraction of sp³-hybridized carbons (Fsp3) is 1.00. The lowest BCUT2D eigenvalue weighted by Gasteiger charge is -2.57. The molecule has 0 N–H and O–H groups in total. The highest BCUT2D eigenvalue weighted by atomic mass is 15.2. The summed E-state index contributed by atoms with van der Waals surface area (Å²) in [6.45, 7) is 30.5. The molecule has 2 unspecified atom stereocenters. The van der Waals surface area contributed by atoms with E-state index in [4.69, 9.17) is 0 Å². The van der Waals surface area contributed by atoms with Crippen LogP contribution in [0.5, 0.6) is 0 Å². The predicted octanol–water partition coefficient (Wildman–Crippen LogP) is 9.28. The SMILES string of the molecule is CN1C(C)(C)CC(C2CC(C3CC(C)(C)CC(C)(C)C3)CC2C2CC(C)(C)N(C)C(C)(C)C2)CC1(C)C. The van der Waals surface area contributed by atoms with Crippen LogP contribution in [-0.4, -0.2) is 46.1 Å². The second-order valence-corrected chi connectivity index (χ2v) is 18.9. The maximum Gasteiger partial charge on any atom is 0.0158 e. The quantitative estimate of drug-likeness (QED) is 0.370. The second kappa shape index (κ2) is 9.22. The zero-order chi connectivity index (χ0) is 28.0. The molecule has 0 aromatic heterocycles. The Bertz CT molecular complexity index is 728. The van der Waals surface area contributed by atoms with Gasteiger partial charge in [-0.05, 0) is 174 Å². The Hall–Kier alpha value is -0.0800. The van der Waals surface area contributed by atoms with Crippen molar-refractivity contribution in [1.82, 2.24) is 9.80 Å². The van der Waals surface area contributed by atoms with Crippen molar-refractivity contribution in [1.29, 1.82) is 0 Å². The van der Waals surface area contributed by atoms with Crippen molar-refractivity contribution in [2.24, 2.45) is 46.3 Å². The van der Waals surface area contributed by atoms with Crippen LogP contribution in [0.25, 0.3) is 0 Å². The van der Waals surface area contributed by atoms with Gasteiger partial charge in [0.25, 0.3) is 0 Å². The van der Waals surface area contributed by atoms with E-state index >= 15 is 0 Å². The molecule has 216 valence electrons. The van der Waals surface area contributed by atoms with E-state index in [-0.39, 0.29) is 22.2 Å². The molecule has 2 aliphatic carbocycles. The van der Waals surface area contributed by atoms with Gasteiger partial charge in [-0.25, -0.2) is 0 Å². The van der Waals surface area contributed by atoms with Crippen LogP contribution in [0, 0.1) is 46.3 Å². The first-order valence-corrected chi connectivity index (χ1v) is 16.0. The Balaban J connectivity index is 1.67. The zero-order valence-electron chi connectivity index (χ0n) is 27.7. The average molecular weight is 515 g/mol. The molecule has 2 saturated heterocycles. The third kappa shape index (κ3) is 5.87. The highest BCUT2D eigenvalue weighted by Crippen LogP contribution is 2.60. The van der Waals surface area contributed by atoms with Gasteiger partial charge in [0.1, 0.15) is 0 Å². The molecule has 4 rings (SSSR count). The molecule has 2 heterocycles. The molecule has 0 radical (unpaired) electrons. The maximum atomic E-state index is 2.70. The molecule has 0 spiro atoms. The van der Waals surface area contributed by atoms with Crippen molar-refractivity contribution < 1.29 is 0 Å². The van der Waals surface area contributed by atoms with Crippen LogP contribution in [0.1, 0.15) is 141 Å². The minimum Gasteiger partial charge on any atom is -0.296 e. The molecule has 0 amide bonds. The Morgan fingerprint density at radius 3 is 1.00 bits per heavy atom. The van der Waals surface area contributed by atoms with Crippen LogP contribution in [0.2, 0.25) is 0 Å². The summed E-state index contributed by atoms with van der Waals surface area (Å²) in [5.74, 6) is 5.41. The number of hydrogen-bond acceptors (Lipinski definition) is 2. The smallest absolute Gasteiger partial charge is 0.0158 e. The maximum absolute atomic E-state index is 2.70. The molecule has 37 heavy (non-hydrogen) atoms. The molecular formula is C35H66N2. The standard InChI is InChI=1S/C35H66N2/c1-30(2)17-25(18-31(3,4)23-30)24-15-28(26-19-32(5,6)36(13)33(7,8)20-26)29(16-24)27-21-34(9,10)37(14)35(11,12)22-27/h24-29H,15-23H2,1-14H3. The summed E-state index contributed by atoms with van der Waals surface area (Å²) in [4.78, 5) is 5.40. The molecule has 2 nitrogen and oxygen atoms in total. The summed E-state index contributed by atoms with van der Waals surface area (Å²) >= 11 is 0. The zero-order valence-corrected chi connectivity index (χ0v) is 27.7. The van der Waals surface area contributed by atoms with Gasteiger partial charge in [0.2, 0.25) is 0 Å². The summed E-state index contributed by atoms with van der Waals surface area (Å²) in [6.07, 6.45) is 12.8. The third-order valence-corrected chi connectivity index (χ3v) is 12.8. The minimum absolute atomic E-state index is 0.287. The van der Waals surface area contributed by atoms with Crippen LogP contribution in [0.3, 0.4) is 0 Å². The largest absolute Gasteiger partial charge is 0.296 e. The highest BCUT2D eigenvalue weighted by Gasteiger charge is 2.55. The van der Waals surface area contributed by atoms with E-state index in [2.05, 4.69) is 107 Å². The summed E-state index contributed by atoms with van der Waals surface area (Å²) in [5.41, 5.74) is 2.14. The summed E-state index contributed by atoms with van der Waals surface area (Å²) in [6, 6.07) is 0. The van der Waals surface area contributed by atoms with Crippen molar-refractivity contribution in [3.63, 3.8) is 0 Å². The van der Waals surface area contributed by atoms with Crippen LogP contribution in [-0.2, 0) is 0 Å². The van der Waals surface area contributed by atoms with Crippen molar-refractivity contribution in [2.45, 2.75) is 163 Å². The normalized spacial score (nSPS) is 38.6. The minimum atomic E-state index is 0.287. The molecule has 2 atom stereocenters. The van der Waals surface area contributed by atoms with Gasteiger partial charge in [-0.1, -0.05) is 27.7 Å². The Morgan fingerprint density at radius 2 is 0.703 bits per heavy atom. The van der Waals surface area contributed by atoms with Gasteiger partial charge in [-0.15, -0.1) is 0 Å². The van der Waals surface area contributed by atoms with Gasteiger partial charge >= 0.3 is 0 Å². The van der Waals surface area contributed by atoms with Crippen LogP contribution < -0.4 is 0 Å². The highest BCUT2D eigenvalue weighted by molar-refractivity contribution is 5.07. The third-order valence-electron chi connectivity index (χ3n) is 12.8. The summed E-state index contributed by atoms with van der Waals surface area (Å²) in [5, 5.41) is 0. The Kier molecular flexibility index (Phi) is 7.45. The van der Waals surface area contributed by atoms with Crippen LogP contribution >= 0.6 is 0 Å². The van der Waals surface area contributed by atoms with E-state index in [1.165, 1.54) is 57.8 Å². The molecular weight excluding hydrogens is 448 g/mol. The van der Waals surface area contributed by atoms with Crippen molar-refractivity contribution in [3.05, 3.63) is 0 Å². The number of piperidine rings is 2. The molecule has 2 heteroatoms. The van der Waals surface area contributed by atoms with Gasteiger partial charge in [0.05, 0.1) is 0 Å². The molecule has 0 aromatic carbocycles. The molecule has 4 aliphatic rings. The predicted molar refractivity (Wildman–Crippen MR) is 162 cm³/mol. The molecule has 2 aliphatic heterocycles. The van der Waals surface area contributed by atoms with E-state index in [0.717, 1.165) is 35.5 Å². The topological polar surface area (TPSA) is 6.48 Å². The van der Waals surface area contributed by atoms with E-state index in [0.29, 0.717) is 10.8 Å². The Labute approximate surface area is 233 Å². The fourth-order valence-corrected chi connectivity index (χ4v) is 11.4. The molecule has 0 aromatic rings. The van der Waals surface area contributed by atoms with E-state index in [1.807, 2.05) is 0 Å². The van der Waals surface area contributed by atoms with Crippen LogP contribution in [0.15, 0.2) is 0 Å². The van der Waals surface area contributed by atoms with Gasteiger partial charge in [0, 0.05) is 22.2 Å². The number of hydrogen-bond donors (Lipinski definition) is 0. The number of likely N-dealkylation sites (tertiary alicyclic amines) is 2. The fourth-order valence-electron chi connectivity index (χ4n) is 11.4. The van der Waals surface area contributed by atoms with Crippen molar-refractivity contribution >= 4 is 0 Å². The number of nitrogens with zero attached hydrogens (tertiary/aromatic N) is 2. The van der Waals surface area contributed by atoms with Crippen molar-refractivity contribution in [2.75, 3.05) is 14.1 Å². The van der Waals surface area contributed by atoms with E-state index in [1.54, 1.807) is 0 Å². The summed E-state index contributed by atoms with van der Waals surface area (Å²) < 4.78 is 0. The van der Waals surface area contributed by atoms with Gasteiger partial charge in [-0.2, -0.15) is 0 Å². The van der Waals surface area contributed by atoms with E-state index < -0.39 is 0 Å². The first-order valence-electron chi connectivity index (χ1n) is 16.0. The van der Waals surface area contributed by atoms with Crippen molar-refractivity contribution in [3.8, 4) is 0 Å². The van der Waals surface area contributed by atoms with Gasteiger partial charge < -0.3 is 0 Å².